The molecule has 0 spiro atoms. The second-order valence-electron chi connectivity index (χ2n) is 5.87. The van der Waals surface area contributed by atoms with Crippen LogP contribution in [-0.4, -0.2) is 62.8 Å². The average molecular weight is 354 g/mol. The van der Waals surface area contributed by atoms with Crippen molar-refractivity contribution in [3.8, 4) is 11.5 Å². The highest BCUT2D eigenvalue weighted by molar-refractivity contribution is 5.88. The Labute approximate surface area is 141 Å². The van der Waals surface area contributed by atoms with Gasteiger partial charge in [-0.05, 0) is 24.4 Å². The zero-order valence-electron chi connectivity index (χ0n) is 13.2. The molecule has 136 valence electrons. The zero-order valence-corrected chi connectivity index (χ0v) is 13.2. The maximum atomic E-state index is 11.8. The number of aryl methyl sites for hydroxylation is 1. The molecule has 0 saturated carbocycles. The number of aliphatic hydroxyl groups excluding tert-OH is 4. The van der Waals surface area contributed by atoms with Crippen molar-refractivity contribution in [2.24, 2.45) is 0 Å². The highest BCUT2D eigenvalue weighted by atomic mass is 16.7. The number of hydrogen-bond acceptors (Lipinski definition) is 9. The average Bonchev–Trinajstić information content (AvgIpc) is 2.54. The number of benzene rings is 1. The van der Waals surface area contributed by atoms with Gasteiger partial charge in [-0.1, -0.05) is 0 Å². The Hall–Kier alpha value is -2.17. The summed E-state index contributed by atoms with van der Waals surface area (Å²) in [7, 11) is 0. The molecular weight excluding hydrogens is 336 g/mol. The Balaban J connectivity index is 1.93. The first-order chi connectivity index (χ1) is 11.8. The number of aromatic hydroxyl groups is 1. The molecule has 1 saturated heterocycles. The SMILES string of the molecule is Cc1cc2cc(OC3OC(CO)C(O)C(O)C3O)cc(O)c2c(=O)o1. The molecule has 9 nitrogen and oxygen atoms in total. The maximum absolute atomic E-state index is 11.8. The van der Waals surface area contributed by atoms with Crippen molar-refractivity contribution in [3.63, 3.8) is 0 Å². The predicted octanol–water partition coefficient (Wildman–Crippen LogP) is -1.01. The quantitative estimate of drug-likeness (QED) is 0.467. The fraction of sp³-hybridized carbons (Fsp3) is 0.438. The first kappa shape index (κ1) is 17.6. The van der Waals surface area contributed by atoms with Gasteiger partial charge < -0.3 is 39.4 Å². The van der Waals surface area contributed by atoms with Crippen LogP contribution in [-0.2, 0) is 4.74 Å². The van der Waals surface area contributed by atoms with Gasteiger partial charge in [0, 0.05) is 6.07 Å². The fourth-order valence-electron chi connectivity index (χ4n) is 2.77. The van der Waals surface area contributed by atoms with Crippen LogP contribution in [0.1, 0.15) is 5.76 Å². The Morgan fingerprint density at radius 1 is 1.12 bits per heavy atom. The molecule has 2 heterocycles. The molecular formula is C16H18O9. The molecule has 0 bridgehead atoms. The summed E-state index contributed by atoms with van der Waals surface area (Å²) >= 11 is 0. The van der Waals surface area contributed by atoms with E-state index in [1.807, 2.05) is 0 Å². The number of phenols is 1. The first-order valence-corrected chi connectivity index (χ1v) is 7.56. The summed E-state index contributed by atoms with van der Waals surface area (Å²) in [5.41, 5.74) is -0.702. The third kappa shape index (κ3) is 3.20. The molecule has 1 aliphatic rings. The van der Waals surface area contributed by atoms with E-state index in [0.29, 0.717) is 11.1 Å². The van der Waals surface area contributed by atoms with Gasteiger partial charge in [-0.15, -0.1) is 0 Å². The summed E-state index contributed by atoms with van der Waals surface area (Å²) in [6.07, 6.45) is -7.19. The van der Waals surface area contributed by atoms with E-state index < -0.39 is 42.9 Å². The monoisotopic (exact) mass is 354 g/mol. The first-order valence-electron chi connectivity index (χ1n) is 7.56. The minimum atomic E-state index is -1.58. The van der Waals surface area contributed by atoms with Crippen molar-refractivity contribution in [2.45, 2.75) is 37.6 Å². The van der Waals surface area contributed by atoms with E-state index in [4.69, 9.17) is 13.9 Å². The van der Waals surface area contributed by atoms with Crippen LogP contribution in [0.15, 0.2) is 27.4 Å². The summed E-state index contributed by atoms with van der Waals surface area (Å²) in [4.78, 5) is 11.8. The smallest absolute Gasteiger partial charge is 0.347 e. The Morgan fingerprint density at radius 2 is 1.84 bits per heavy atom. The third-order valence-corrected chi connectivity index (χ3v) is 4.04. The summed E-state index contributed by atoms with van der Waals surface area (Å²) in [6, 6.07) is 4.09. The van der Waals surface area contributed by atoms with Crippen LogP contribution >= 0.6 is 0 Å². The molecule has 0 radical (unpaired) electrons. The number of phenolic OH excluding ortho intramolecular Hbond substituents is 1. The van der Waals surface area contributed by atoms with Gasteiger partial charge in [0.05, 0.1) is 6.61 Å². The molecule has 5 atom stereocenters. The molecule has 0 amide bonds. The molecule has 25 heavy (non-hydrogen) atoms. The molecule has 1 aliphatic heterocycles. The predicted molar refractivity (Wildman–Crippen MR) is 83.3 cm³/mol. The molecule has 0 aliphatic carbocycles. The fourth-order valence-corrected chi connectivity index (χ4v) is 2.77. The zero-order chi connectivity index (χ0) is 18.3. The minimum Gasteiger partial charge on any atom is -0.507 e. The number of ether oxygens (including phenoxy) is 2. The van der Waals surface area contributed by atoms with Crippen LogP contribution in [0, 0.1) is 6.92 Å². The topological polar surface area (TPSA) is 150 Å². The van der Waals surface area contributed by atoms with Crippen molar-refractivity contribution in [2.75, 3.05) is 6.61 Å². The second kappa shape index (κ2) is 6.62. The standard InChI is InChI=1S/C16H18O9/c1-6-2-7-3-8(4-9(18)11(7)15(22)23-6)24-16-14(21)13(20)12(19)10(5-17)25-16/h2-4,10,12-14,16-21H,5H2,1H3. The Kier molecular flexibility index (Phi) is 4.67. The molecule has 5 unspecified atom stereocenters. The Bertz CT molecular complexity index is 828. The summed E-state index contributed by atoms with van der Waals surface area (Å²) in [6.45, 7) is 0.983. The van der Waals surface area contributed by atoms with E-state index in [9.17, 15) is 30.3 Å². The lowest BCUT2D eigenvalue weighted by molar-refractivity contribution is -0.277. The highest BCUT2D eigenvalue weighted by Gasteiger charge is 2.44. The van der Waals surface area contributed by atoms with Crippen molar-refractivity contribution in [1.82, 2.24) is 0 Å². The number of fused-ring (bicyclic) bond motifs is 1. The minimum absolute atomic E-state index is 0.0215. The summed E-state index contributed by atoms with van der Waals surface area (Å²) < 4.78 is 15.6. The molecule has 5 N–H and O–H groups in total. The van der Waals surface area contributed by atoms with Crippen molar-refractivity contribution in [3.05, 3.63) is 34.4 Å². The van der Waals surface area contributed by atoms with Gasteiger partial charge in [0.25, 0.3) is 0 Å². The lowest BCUT2D eigenvalue weighted by atomic mass is 9.99. The van der Waals surface area contributed by atoms with Crippen LogP contribution in [0.2, 0.25) is 0 Å². The largest absolute Gasteiger partial charge is 0.507 e. The van der Waals surface area contributed by atoms with E-state index in [-0.39, 0.29) is 16.9 Å². The van der Waals surface area contributed by atoms with Gasteiger partial charge in [-0.2, -0.15) is 0 Å². The van der Waals surface area contributed by atoms with Crippen molar-refractivity contribution >= 4 is 10.8 Å². The van der Waals surface area contributed by atoms with Gasteiger partial charge in [0.15, 0.2) is 0 Å². The normalized spacial score (nSPS) is 29.7. The number of aliphatic hydroxyl groups is 4. The van der Waals surface area contributed by atoms with Crippen molar-refractivity contribution in [1.29, 1.82) is 0 Å². The number of rotatable bonds is 3. The van der Waals surface area contributed by atoms with Crippen LogP contribution in [0.25, 0.3) is 10.8 Å². The van der Waals surface area contributed by atoms with Gasteiger partial charge in [0.2, 0.25) is 6.29 Å². The van der Waals surface area contributed by atoms with Gasteiger partial charge in [-0.3, -0.25) is 0 Å². The van der Waals surface area contributed by atoms with Crippen LogP contribution < -0.4 is 10.4 Å². The highest BCUT2D eigenvalue weighted by Crippen LogP contribution is 2.31. The van der Waals surface area contributed by atoms with E-state index in [1.54, 1.807) is 6.92 Å². The van der Waals surface area contributed by atoms with Crippen LogP contribution in [0.5, 0.6) is 11.5 Å². The van der Waals surface area contributed by atoms with Crippen molar-refractivity contribution < 1.29 is 39.4 Å². The molecule has 2 aromatic rings. The van der Waals surface area contributed by atoms with Crippen LogP contribution in [0.4, 0.5) is 0 Å². The van der Waals surface area contributed by atoms with E-state index in [0.717, 1.165) is 6.07 Å². The summed E-state index contributed by atoms with van der Waals surface area (Å²) in [5, 5.41) is 49.1. The lowest BCUT2D eigenvalue weighted by Gasteiger charge is -2.39. The Morgan fingerprint density at radius 3 is 2.52 bits per heavy atom. The van der Waals surface area contributed by atoms with Gasteiger partial charge in [0.1, 0.15) is 47.1 Å². The second-order valence-corrected chi connectivity index (χ2v) is 5.87. The van der Waals surface area contributed by atoms with E-state index >= 15 is 0 Å². The third-order valence-electron chi connectivity index (χ3n) is 4.04. The molecule has 1 fully saturated rings. The molecule has 1 aromatic heterocycles. The lowest BCUT2D eigenvalue weighted by Crippen LogP contribution is -2.60. The van der Waals surface area contributed by atoms with Crippen LogP contribution in [0.3, 0.4) is 0 Å². The number of hydrogen-bond donors (Lipinski definition) is 5. The molecule has 9 heteroatoms. The molecule has 1 aromatic carbocycles. The van der Waals surface area contributed by atoms with Gasteiger partial charge in [-0.25, -0.2) is 4.79 Å². The van der Waals surface area contributed by atoms with Gasteiger partial charge >= 0.3 is 5.63 Å². The summed E-state index contributed by atoms with van der Waals surface area (Å²) in [5.74, 6) is 0.00654. The van der Waals surface area contributed by atoms with E-state index in [1.165, 1.54) is 12.1 Å². The maximum Gasteiger partial charge on any atom is 0.347 e. The van der Waals surface area contributed by atoms with E-state index in [2.05, 4.69) is 0 Å². The molecule has 3 rings (SSSR count).